The Morgan fingerprint density at radius 2 is 2.22 bits per heavy atom. The number of nitrogens with zero attached hydrogens (tertiary/aromatic N) is 1. The first-order chi connectivity index (χ1) is 8.67. The Bertz CT molecular complexity index is 408. The number of amides is 1. The van der Waals surface area contributed by atoms with Crippen molar-refractivity contribution in [3.05, 3.63) is 17.8 Å². The van der Waals surface area contributed by atoms with E-state index < -0.39 is 0 Å². The molecule has 1 saturated carbocycles. The summed E-state index contributed by atoms with van der Waals surface area (Å²) >= 11 is 0. The molecule has 18 heavy (non-hydrogen) atoms. The molecule has 1 aliphatic rings. The number of aryl methyl sites for hydroxylation is 1. The van der Waals surface area contributed by atoms with Crippen molar-refractivity contribution in [2.75, 3.05) is 13.2 Å². The van der Waals surface area contributed by atoms with E-state index in [0.717, 1.165) is 25.7 Å². The molecule has 100 valence electrons. The number of rotatable bonds is 4. The smallest absolute Gasteiger partial charge is 0.289 e. The molecule has 1 aromatic heterocycles. The van der Waals surface area contributed by atoms with Gasteiger partial charge in [0.15, 0.2) is 6.39 Å². The number of hydrogen-bond acceptors (Lipinski definition) is 4. The van der Waals surface area contributed by atoms with Gasteiger partial charge in [0.1, 0.15) is 0 Å². The van der Waals surface area contributed by atoms with Crippen LogP contribution in [-0.2, 0) is 0 Å². The standard InChI is InChI=1S/C13H20N2O3/c1-10-11(18-9-15-10)12(17)14-7-13(8-16)5-3-2-4-6-13/h9,16H,2-8H2,1H3,(H,14,17). The Morgan fingerprint density at radius 1 is 1.50 bits per heavy atom. The molecular weight excluding hydrogens is 232 g/mol. The van der Waals surface area contributed by atoms with E-state index in [2.05, 4.69) is 10.3 Å². The molecule has 0 aliphatic heterocycles. The molecular formula is C13H20N2O3. The van der Waals surface area contributed by atoms with Gasteiger partial charge in [-0.3, -0.25) is 4.79 Å². The maximum atomic E-state index is 11.9. The third-order valence-corrected chi connectivity index (χ3v) is 3.83. The largest absolute Gasteiger partial charge is 0.438 e. The van der Waals surface area contributed by atoms with E-state index in [1.165, 1.54) is 12.8 Å². The van der Waals surface area contributed by atoms with Gasteiger partial charge in [0, 0.05) is 12.0 Å². The van der Waals surface area contributed by atoms with Gasteiger partial charge in [-0.2, -0.15) is 0 Å². The second-order valence-electron chi connectivity index (χ2n) is 5.17. The predicted octanol–water partition coefficient (Wildman–Crippen LogP) is 1.66. The van der Waals surface area contributed by atoms with Crippen molar-refractivity contribution < 1.29 is 14.3 Å². The van der Waals surface area contributed by atoms with Crippen molar-refractivity contribution >= 4 is 5.91 Å². The summed E-state index contributed by atoms with van der Waals surface area (Å²) in [5.41, 5.74) is 0.441. The van der Waals surface area contributed by atoms with Crippen molar-refractivity contribution in [3.8, 4) is 0 Å². The SMILES string of the molecule is Cc1ncoc1C(=O)NCC1(CO)CCCCC1. The molecule has 1 heterocycles. The minimum Gasteiger partial charge on any atom is -0.438 e. The Hall–Kier alpha value is -1.36. The number of carbonyl (C=O) groups excluding carboxylic acids is 1. The van der Waals surface area contributed by atoms with Crippen molar-refractivity contribution in [2.45, 2.75) is 39.0 Å². The molecule has 1 amide bonds. The average molecular weight is 252 g/mol. The van der Waals surface area contributed by atoms with Crippen molar-refractivity contribution in [1.29, 1.82) is 0 Å². The lowest BCUT2D eigenvalue weighted by atomic mass is 9.74. The molecule has 1 aliphatic carbocycles. The van der Waals surface area contributed by atoms with Crippen LogP contribution in [0.25, 0.3) is 0 Å². The lowest BCUT2D eigenvalue weighted by Gasteiger charge is -2.35. The van der Waals surface area contributed by atoms with Gasteiger partial charge in [0.05, 0.1) is 12.3 Å². The number of nitrogens with one attached hydrogen (secondary N) is 1. The second-order valence-corrected chi connectivity index (χ2v) is 5.17. The first-order valence-corrected chi connectivity index (χ1v) is 6.46. The van der Waals surface area contributed by atoms with Gasteiger partial charge in [-0.1, -0.05) is 19.3 Å². The molecule has 2 N–H and O–H groups in total. The Kier molecular flexibility index (Phi) is 4.01. The Balaban J connectivity index is 1.94. The first-order valence-electron chi connectivity index (χ1n) is 6.46. The molecule has 1 fully saturated rings. The highest BCUT2D eigenvalue weighted by atomic mass is 16.3. The number of aliphatic hydroxyl groups is 1. The maximum absolute atomic E-state index is 11.9. The summed E-state index contributed by atoms with van der Waals surface area (Å²) < 4.78 is 5.05. The summed E-state index contributed by atoms with van der Waals surface area (Å²) in [5, 5.41) is 12.4. The van der Waals surface area contributed by atoms with Crippen LogP contribution in [0.2, 0.25) is 0 Å². The summed E-state index contributed by atoms with van der Waals surface area (Å²) in [6, 6.07) is 0. The van der Waals surface area contributed by atoms with Gasteiger partial charge in [-0.25, -0.2) is 4.98 Å². The molecule has 5 nitrogen and oxygen atoms in total. The fraction of sp³-hybridized carbons (Fsp3) is 0.692. The summed E-state index contributed by atoms with van der Waals surface area (Å²) in [5.74, 6) is 0.0160. The van der Waals surface area contributed by atoms with E-state index >= 15 is 0 Å². The molecule has 0 spiro atoms. The zero-order valence-corrected chi connectivity index (χ0v) is 10.7. The van der Waals surface area contributed by atoms with E-state index in [1.807, 2.05) is 0 Å². The molecule has 2 rings (SSSR count). The topological polar surface area (TPSA) is 75.4 Å². The molecule has 0 atom stereocenters. The lowest BCUT2D eigenvalue weighted by Crippen LogP contribution is -2.41. The third kappa shape index (κ3) is 2.72. The molecule has 0 saturated heterocycles. The molecule has 5 heteroatoms. The monoisotopic (exact) mass is 252 g/mol. The van der Waals surface area contributed by atoms with Gasteiger partial charge in [-0.05, 0) is 19.8 Å². The third-order valence-electron chi connectivity index (χ3n) is 3.83. The number of aromatic nitrogens is 1. The minimum atomic E-state index is -0.247. The van der Waals surface area contributed by atoms with Gasteiger partial charge >= 0.3 is 0 Å². The number of aliphatic hydroxyl groups excluding tert-OH is 1. The minimum absolute atomic E-state index is 0.128. The normalized spacial score (nSPS) is 18.6. The van der Waals surface area contributed by atoms with Crippen molar-refractivity contribution in [2.24, 2.45) is 5.41 Å². The van der Waals surface area contributed by atoms with Crippen LogP contribution in [0.1, 0.15) is 48.4 Å². The lowest BCUT2D eigenvalue weighted by molar-refractivity contribution is 0.0703. The molecule has 1 aromatic rings. The van der Waals surface area contributed by atoms with Crippen molar-refractivity contribution in [3.63, 3.8) is 0 Å². The fourth-order valence-corrected chi connectivity index (χ4v) is 2.56. The second kappa shape index (κ2) is 5.52. The van der Waals surface area contributed by atoms with Gasteiger partial charge in [-0.15, -0.1) is 0 Å². The zero-order chi connectivity index (χ0) is 13.0. The molecule has 0 aromatic carbocycles. The average Bonchev–Trinajstić information content (AvgIpc) is 2.83. The number of carbonyl (C=O) groups is 1. The summed E-state index contributed by atoms with van der Waals surface area (Å²) in [6.07, 6.45) is 6.68. The van der Waals surface area contributed by atoms with Crippen LogP contribution in [0, 0.1) is 12.3 Å². The van der Waals surface area contributed by atoms with Crippen LogP contribution in [0.3, 0.4) is 0 Å². The molecule has 0 radical (unpaired) electrons. The van der Waals surface area contributed by atoms with E-state index in [4.69, 9.17) is 4.42 Å². The highest BCUT2D eigenvalue weighted by Crippen LogP contribution is 2.35. The predicted molar refractivity (Wildman–Crippen MR) is 66.2 cm³/mol. The molecule has 0 unspecified atom stereocenters. The maximum Gasteiger partial charge on any atom is 0.289 e. The number of oxazole rings is 1. The van der Waals surface area contributed by atoms with Gasteiger partial charge < -0.3 is 14.8 Å². The zero-order valence-electron chi connectivity index (χ0n) is 10.7. The van der Waals surface area contributed by atoms with Crippen LogP contribution in [-0.4, -0.2) is 29.1 Å². The number of hydrogen-bond donors (Lipinski definition) is 2. The Morgan fingerprint density at radius 3 is 2.78 bits per heavy atom. The quantitative estimate of drug-likeness (QED) is 0.854. The summed E-state index contributed by atoms with van der Waals surface area (Å²) in [7, 11) is 0. The van der Waals surface area contributed by atoms with E-state index in [9.17, 15) is 9.90 Å². The van der Waals surface area contributed by atoms with Crippen LogP contribution in [0.15, 0.2) is 10.8 Å². The highest BCUT2D eigenvalue weighted by Gasteiger charge is 2.32. The van der Waals surface area contributed by atoms with Crippen LogP contribution < -0.4 is 5.32 Å². The van der Waals surface area contributed by atoms with Crippen molar-refractivity contribution in [1.82, 2.24) is 10.3 Å². The fourth-order valence-electron chi connectivity index (χ4n) is 2.56. The summed E-state index contributed by atoms with van der Waals surface area (Å²) in [4.78, 5) is 15.8. The van der Waals surface area contributed by atoms with Gasteiger partial charge in [0.2, 0.25) is 5.76 Å². The Labute approximate surface area is 107 Å². The van der Waals surface area contributed by atoms with Gasteiger partial charge in [0.25, 0.3) is 5.91 Å². The van der Waals surface area contributed by atoms with E-state index in [1.54, 1.807) is 6.92 Å². The molecule has 0 bridgehead atoms. The first kappa shape index (κ1) is 13.1. The summed E-state index contributed by atoms with van der Waals surface area (Å²) in [6.45, 7) is 2.37. The van der Waals surface area contributed by atoms with Crippen LogP contribution >= 0.6 is 0 Å². The van der Waals surface area contributed by atoms with Crippen LogP contribution in [0.4, 0.5) is 0 Å². The highest BCUT2D eigenvalue weighted by molar-refractivity contribution is 5.92. The van der Waals surface area contributed by atoms with E-state index in [0.29, 0.717) is 12.2 Å². The van der Waals surface area contributed by atoms with E-state index in [-0.39, 0.29) is 23.7 Å². The van der Waals surface area contributed by atoms with Crippen LogP contribution in [0.5, 0.6) is 0 Å².